The summed E-state index contributed by atoms with van der Waals surface area (Å²) in [6.07, 6.45) is 2.17. The van der Waals surface area contributed by atoms with Crippen molar-refractivity contribution < 1.29 is 4.74 Å². The van der Waals surface area contributed by atoms with Crippen molar-refractivity contribution in [2.75, 3.05) is 19.7 Å². The van der Waals surface area contributed by atoms with Crippen LogP contribution in [-0.4, -0.2) is 25.5 Å². The van der Waals surface area contributed by atoms with Crippen molar-refractivity contribution in [3.05, 3.63) is 34.9 Å². The van der Waals surface area contributed by atoms with Crippen molar-refractivity contribution in [3.8, 4) is 0 Å². The second-order valence-electron chi connectivity index (χ2n) is 5.65. The number of aliphatic imine (C=N–C) groups is 1. The fraction of sp³-hybridized carbons (Fsp3) is 0.588. The van der Waals surface area contributed by atoms with Gasteiger partial charge in [0.25, 0.3) is 0 Å². The van der Waals surface area contributed by atoms with Gasteiger partial charge in [-0.3, -0.25) is 4.99 Å². The van der Waals surface area contributed by atoms with Crippen molar-refractivity contribution in [2.24, 2.45) is 10.4 Å². The summed E-state index contributed by atoms with van der Waals surface area (Å²) < 4.78 is 5.91. The molecule has 0 bridgehead atoms. The predicted molar refractivity (Wildman–Crippen MR) is 89.1 cm³/mol. The number of amidine groups is 1. The van der Waals surface area contributed by atoms with Crippen LogP contribution in [0.2, 0.25) is 5.02 Å². The summed E-state index contributed by atoms with van der Waals surface area (Å²) in [6.45, 7) is 8.99. The van der Waals surface area contributed by atoms with E-state index in [2.05, 4.69) is 19.2 Å². The van der Waals surface area contributed by atoms with Crippen LogP contribution in [0.5, 0.6) is 0 Å². The van der Waals surface area contributed by atoms with Gasteiger partial charge in [0.2, 0.25) is 0 Å². The number of nitrogens with zero attached hydrogens (tertiary/aromatic N) is 1. The predicted octanol–water partition coefficient (Wildman–Crippen LogP) is 4.23. The van der Waals surface area contributed by atoms with E-state index < -0.39 is 0 Å². The van der Waals surface area contributed by atoms with Gasteiger partial charge in [-0.2, -0.15) is 0 Å². The molecule has 0 unspecified atom stereocenters. The highest BCUT2D eigenvalue weighted by Gasteiger charge is 2.32. The quantitative estimate of drug-likeness (QED) is 0.853. The first-order valence-electron chi connectivity index (χ1n) is 7.79. The average Bonchev–Trinajstić information content (AvgIpc) is 2.54. The van der Waals surface area contributed by atoms with Crippen molar-refractivity contribution >= 4 is 17.4 Å². The second kappa shape index (κ2) is 7.28. The third-order valence-electron chi connectivity index (χ3n) is 4.48. The number of halogens is 1. The Bertz CT molecular complexity index is 480. The van der Waals surface area contributed by atoms with Crippen LogP contribution >= 0.6 is 11.6 Å². The summed E-state index contributed by atoms with van der Waals surface area (Å²) >= 11 is 5.97. The second-order valence-corrected chi connectivity index (χ2v) is 6.09. The lowest BCUT2D eigenvalue weighted by molar-refractivity contribution is 0.104. The molecule has 0 saturated heterocycles. The van der Waals surface area contributed by atoms with Gasteiger partial charge < -0.3 is 10.1 Å². The van der Waals surface area contributed by atoms with Crippen LogP contribution in [-0.2, 0) is 4.74 Å². The molecule has 0 amide bonds. The van der Waals surface area contributed by atoms with Crippen LogP contribution in [0.25, 0.3) is 0 Å². The smallest absolute Gasteiger partial charge is 0.139 e. The minimum atomic E-state index is -0.126. The van der Waals surface area contributed by atoms with Crippen LogP contribution < -0.4 is 5.32 Å². The zero-order chi connectivity index (χ0) is 15.3. The monoisotopic (exact) mass is 308 g/mol. The fourth-order valence-electron chi connectivity index (χ4n) is 2.68. The molecule has 2 rings (SSSR count). The maximum atomic E-state index is 5.97. The molecule has 1 heterocycles. The number of nitrogens with one attached hydrogen (secondary N) is 1. The Morgan fingerprint density at radius 3 is 2.38 bits per heavy atom. The molecule has 21 heavy (non-hydrogen) atoms. The number of ether oxygens (including phenoxy) is 1. The number of hydrogen-bond acceptors (Lipinski definition) is 3. The van der Waals surface area contributed by atoms with Crippen molar-refractivity contribution in [3.63, 3.8) is 0 Å². The summed E-state index contributed by atoms with van der Waals surface area (Å²) in [5.41, 5.74) is 1.38. The summed E-state index contributed by atoms with van der Waals surface area (Å²) in [5, 5.41) is 4.24. The van der Waals surface area contributed by atoms with E-state index in [1.807, 2.05) is 31.2 Å². The third kappa shape index (κ3) is 3.78. The summed E-state index contributed by atoms with van der Waals surface area (Å²) in [7, 11) is 0. The number of benzene rings is 1. The Kier molecular flexibility index (Phi) is 5.65. The molecule has 1 N–H and O–H groups in total. The Balaban J connectivity index is 2.20. The molecule has 3 nitrogen and oxygen atoms in total. The lowest BCUT2D eigenvalue weighted by Crippen LogP contribution is -2.46. The van der Waals surface area contributed by atoms with E-state index in [1.165, 1.54) is 0 Å². The molecule has 0 aliphatic carbocycles. The normalized spacial score (nSPS) is 18.8. The highest BCUT2D eigenvalue weighted by molar-refractivity contribution is 6.30. The first-order chi connectivity index (χ1) is 10.1. The number of rotatable bonds is 6. The van der Waals surface area contributed by atoms with Gasteiger partial charge in [0, 0.05) is 30.1 Å². The van der Waals surface area contributed by atoms with Gasteiger partial charge >= 0.3 is 0 Å². The topological polar surface area (TPSA) is 33.6 Å². The van der Waals surface area contributed by atoms with Crippen molar-refractivity contribution in [1.82, 2.24) is 5.32 Å². The van der Waals surface area contributed by atoms with Gasteiger partial charge in [-0.15, -0.1) is 0 Å². The van der Waals surface area contributed by atoms with Crippen LogP contribution in [0.4, 0.5) is 0 Å². The molecular formula is C17H25ClN2O. The van der Waals surface area contributed by atoms with E-state index >= 15 is 0 Å². The standard InChI is InChI=1S/C17H25ClN2O/c1-4-17(5-2)11-19-16(20-12-17)15(21-6-3)13-7-9-14(18)10-8-13/h7-10,15H,4-6,11-12H2,1-3H3,(H,19,20)/t15-/m1/s1. The highest BCUT2D eigenvalue weighted by atomic mass is 35.5. The largest absolute Gasteiger partial charge is 0.371 e. The first-order valence-corrected chi connectivity index (χ1v) is 8.17. The van der Waals surface area contributed by atoms with E-state index in [4.69, 9.17) is 21.3 Å². The summed E-state index contributed by atoms with van der Waals surface area (Å²) in [5.74, 6) is 0.941. The minimum absolute atomic E-state index is 0.126. The Hall–Kier alpha value is -1.06. The van der Waals surface area contributed by atoms with Gasteiger partial charge in [0.05, 0.1) is 0 Å². The van der Waals surface area contributed by atoms with Crippen LogP contribution in [0.3, 0.4) is 0 Å². The first kappa shape index (κ1) is 16.3. The van der Waals surface area contributed by atoms with Crippen LogP contribution in [0, 0.1) is 5.41 Å². The summed E-state index contributed by atoms with van der Waals surface area (Å²) in [4.78, 5) is 4.79. The Labute approximate surface area is 132 Å². The van der Waals surface area contributed by atoms with E-state index in [1.54, 1.807) is 0 Å². The molecule has 116 valence electrons. The van der Waals surface area contributed by atoms with Crippen molar-refractivity contribution in [2.45, 2.75) is 39.7 Å². The molecule has 0 saturated carbocycles. The lowest BCUT2D eigenvalue weighted by Gasteiger charge is -2.36. The molecule has 1 aromatic rings. The van der Waals surface area contributed by atoms with E-state index in [0.717, 1.165) is 42.4 Å². The van der Waals surface area contributed by atoms with Crippen LogP contribution in [0.1, 0.15) is 45.3 Å². The molecule has 1 atom stereocenters. The molecule has 4 heteroatoms. The van der Waals surface area contributed by atoms with Gasteiger partial charge in [-0.05, 0) is 37.5 Å². The van der Waals surface area contributed by atoms with E-state index in [-0.39, 0.29) is 6.10 Å². The zero-order valence-corrected chi connectivity index (χ0v) is 13.9. The van der Waals surface area contributed by atoms with E-state index in [0.29, 0.717) is 12.0 Å². The van der Waals surface area contributed by atoms with Gasteiger partial charge in [-0.25, -0.2) is 0 Å². The van der Waals surface area contributed by atoms with Crippen molar-refractivity contribution in [1.29, 1.82) is 0 Å². The fourth-order valence-corrected chi connectivity index (χ4v) is 2.81. The van der Waals surface area contributed by atoms with Gasteiger partial charge in [-0.1, -0.05) is 37.6 Å². The maximum absolute atomic E-state index is 5.97. The molecule has 0 aromatic heterocycles. The van der Waals surface area contributed by atoms with Crippen LogP contribution in [0.15, 0.2) is 29.3 Å². The lowest BCUT2D eigenvalue weighted by atomic mass is 9.81. The average molecular weight is 309 g/mol. The molecular weight excluding hydrogens is 284 g/mol. The highest BCUT2D eigenvalue weighted by Crippen LogP contribution is 2.30. The zero-order valence-electron chi connectivity index (χ0n) is 13.2. The minimum Gasteiger partial charge on any atom is -0.371 e. The Morgan fingerprint density at radius 2 is 1.90 bits per heavy atom. The summed E-state index contributed by atoms with van der Waals surface area (Å²) in [6, 6.07) is 7.81. The SMILES string of the molecule is CCO[C@@H](C1=NCC(CC)(CC)CN1)c1ccc(Cl)cc1. The molecule has 0 spiro atoms. The van der Waals surface area contributed by atoms with E-state index in [9.17, 15) is 0 Å². The number of hydrogen-bond donors (Lipinski definition) is 1. The molecule has 0 radical (unpaired) electrons. The van der Waals surface area contributed by atoms with Gasteiger partial charge in [0.15, 0.2) is 0 Å². The molecule has 1 aromatic carbocycles. The Morgan fingerprint density at radius 1 is 1.24 bits per heavy atom. The third-order valence-corrected chi connectivity index (χ3v) is 4.74. The maximum Gasteiger partial charge on any atom is 0.139 e. The van der Waals surface area contributed by atoms with Gasteiger partial charge in [0.1, 0.15) is 11.9 Å². The molecule has 0 fully saturated rings. The molecule has 1 aliphatic heterocycles. The molecule has 1 aliphatic rings.